The maximum Gasteiger partial charge on any atom is 0.433 e. The van der Waals surface area contributed by atoms with E-state index in [1.165, 1.54) is 9.70 Å². The number of alkyl halides is 6. The second-order valence-electron chi connectivity index (χ2n) is 10.4. The minimum atomic E-state index is -5.12. The highest BCUT2D eigenvalue weighted by molar-refractivity contribution is 5.87. The number of ether oxygens (including phenoxy) is 1. The number of nitrogens with one attached hydrogen (secondary N) is 1. The first kappa shape index (κ1) is 28.1. The third-order valence-corrected chi connectivity index (χ3v) is 7.73. The predicted molar refractivity (Wildman–Crippen MR) is 145 cm³/mol. The minimum Gasteiger partial charge on any atom is -0.378 e. The summed E-state index contributed by atoms with van der Waals surface area (Å²) < 4.78 is 88.0. The lowest BCUT2D eigenvalue weighted by atomic mass is 9.93. The van der Waals surface area contributed by atoms with E-state index in [-0.39, 0.29) is 12.6 Å². The number of benzene rings is 1. The molecule has 2 aliphatic heterocycles. The van der Waals surface area contributed by atoms with Crippen molar-refractivity contribution in [3.05, 3.63) is 83.2 Å². The molecule has 4 aromatic heterocycles. The number of hydrogen-bond acceptors (Lipinski definition) is 8. The van der Waals surface area contributed by atoms with E-state index in [1.807, 2.05) is 17.0 Å². The molecule has 6 heterocycles. The highest BCUT2D eigenvalue weighted by Crippen LogP contribution is 2.42. The van der Waals surface area contributed by atoms with Crippen LogP contribution in [0.5, 0.6) is 0 Å². The van der Waals surface area contributed by atoms with E-state index in [9.17, 15) is 26.3 Å². The quantitative estimate of drug-likeness (QED) is 0.284. The number of anilines is 2. The zero-order valence-corrected chi connectivity index (χ0v) is 22.8. The highest BCUT2D eigenvalue weighted by atomic mass is 19.4. The van der Waals surface area contributed by atoms with Gasteiger partial charge < -0.3 is 19.5 Å². The molecule has 2 aliphatic rings. The molecule has 5 aromatic rings. The Hall–Kier alpha value is -4.73. The standard InChI is InChI=1S/C28H23F6N9O/c29-27(30,31)21-14-22(28(32,33)34)40-26(39-21)42-8-5-18-19-13-17(43-36-6-7-37-43)2-3-20(19)38-24(18)25(42)16-1-4-23(35-15-16)41-9-11-44-12-10-41/h1-4,6-7,13-15,25,38H,5,8-12H2/t25-/m0/s1. The van der Waals surface area contributed by atoms with E-state index in [0.29, 0.717) is 55.5 Å². The fraction of sp³-hybridized carbons (Fsp3) is 0.321. The van der Waals surface area contributed by atoms with Crippen LogP contribution in [0.3, 0.4) is 0 Å². The normalized spacial score (nSPS) is 17.7. The van der Waals surface area contributed by atoms with Gasteiger partial charge in [-0.3, -0.25) is 0 Å². The molecule has 16 heteroatoms. The molecule has 1 atom stereocenters. The molecule has 10 nitrogen and oxygen atoms in total. The lowest BCUT2D eigenvalue weighted by Gasteiger charge is -2.36. The fourth-order valence-corrected chi connectivity index (χ4v) is 5.70. The van der Waals surface area contributed by atoms with Crippen LogP contribution in [0.2, 0.25) is 0 Å². The van der Waals surface area contributed by atoms with Gasteiger partial charge in [-0.25, -0.2) is 15.0 Å². The van der Waals surface area contributed by atoms with Crippen molar-refractivity contribution in [1.29, 1.82) is 0 Å². The summed E-state index contributed by atoms with van der Waals surface area (Å²) in [5, 5.41) is 9.18. The molecule has 7 rings (SSSR count). The largest absolute Gasteiger partial charge is 0.433 e. The molecule has 1 aromatic carbocycles. The van der Waals surface area contributed by atoms with E-state index >= 15 is 0 Å². The molecule has 1 saturated heterocycles. The summed E-state index contributed by atoms with van der Waals surface area (Å²) in [5.74, 6) is 0.00228. The highest BCUT2D eigenvalue weighted by Gasteiger charge is 2.42. The van der Waals surface area contributed by atoms with E-state index in [2.05, 4.69) is 30.1 Å². The Morgan fingerprint density at radius 3 is 2.18 bits per heavy atom. The number of rotatable bonds is 4. The van der Waals surface area contributed by atoms with Crippen molar-refractivity contribution in [2.75, 3.05) is 42.6 Å². The Morgan fingerprint density at radius 1 is 0.841 bits per heavy atom. The van der Waals surface area contributed by atoms with Crippen LogP contribution in [-0.4, -0.2) is 67.8 Å². The average Bonchev–Trinajstić information content (AvgIpc) is 3.68. The number of morpholine rings is 1. The lowest BCUT2D eigenvalue weighted by molar-refractivity contribution is -0.147. The van der Waals surface area contributed by atoms with Crippen molar-refractivity contribution in [2.24, 2.45) is 0 Å². The first-order valence-electron chi connectivity index (χ1n) is 13.7. The van der Waals surface area contributed by atoms with Gasteiger partial charge in [-0.2, -0.15) is 41.3 Å². The van der Waals surface area contributed by atoms with Crippen molar-refractivity contribution in [3.63, 3.8) is 0 Å². The first-order chi connectivity index (χ1) is 21.1. The maximum atomic E-state index is 13.8. The lowest BCUT2D eigenvalue weighted by Crippen LogP contribution is -2.38. The molecule has 0 spiro atoms. The summed E-state index contributed by atoms with van der Waals surface area (Å²) in [4.78, 5) is 20.0. The Balaban J connectivity index is 1.37. The Bertz CT molecular complexity index is 1760. The van der Waals surface area contributed by atoms with E-state index in [0.717, 1.165) is 16.5 Å². The SMILES string of the molecule is FC(F)(F)c1cc(C(F)(F)F)nc(N2CCc3c([nH]c4ccc(-n5nccn5)cc34)[C@@H]2c2ccc(N3CCOCC3)nc2)n1. The summed E-state index contributed by atoms with van der Waals surface area (Å²) in [6.45, 7) is 2.41. The third kappa shape index (κ3) is 5.08. The van der Waals surface area contributed by atoms with Gasteiger partial charge in [0.1, 0.15) is 5.82 Å². The monoisotopic (exact) mass is 615 g/mol. The molecule has 0 saturated carbocycles. The van der Waals surface area contributed by atoms with E-state index in [4.69, 9.17) is 4.74 Å². The molecule has 1 N–H and O–H groups in total. The first-order valence-corrected chi connectivity index (χ1v) is 13.7. The maximum absolute atomic E-state index is 13.8. The summed E-state index contributed by atoms with van der Waals surface area (Å²) >= 11 is 0. The van der Waals surface area contributed by atoms with Gasteiger partial charge >= 0.3 is 12.4 Å². The Kier molecular flexibility index (Phi) is 6.68. The summed E-state index contributed by atoms with van der Waals surface area (Å²) in [6, 6.07) is 8.14. The summed E-state index contributed by atoms with van der Waals surface area (Å²) in [7, 11) is 0. The van der Waals surface area contributed by atoms with Gasteiger partial charge in [0.05, 0.1) is 37.3 Å². The van der Waals surface area contributed by atoms with Crippen molar-refractivity contribution < 1.29 is 31.1 Å². The molecule has 0 unspecified atom stereocenters. The van der Waals surface area contributed by atoms with Crippen LogP contribution in [0.25, 0.3) is 16.6 Å². The molecule has 0 radical (unpaired) electrons. The van der Waals surface area contributed by atoms with Gasteiger partial charge in [0.25, 0.3) is 0 Å². The zero-order valence-electron chi connectivity index (χ0n) is 22.8. The molecule has 228 valence electrons. The van der Waals surface area contributed by atoms with Gasteiger partial charge in [-0.1, -0.05) is 6.07 Å². The molecular weight excluding hydrogens is 592 g/mol. The van der Waals surface area contributed by atoms with Crippen molar-refractivity contribution in [3.8, 4) is 5.69 Å². The number of halogens is 6. The third-order valence-electron chi connectivity index (χ3n) is 7.73. The molecule has 0 aliphatic carbocycles. The fourth-order valence-electron chi connectivity index (χ4n) is 5.70. The van der Waals surface area contributed by atoms with Gasteiger partial charge in [0.15, 0.2) is 11.4 Å². The van der Waals surface area contributed by atoms with Crippen molar-refractivity contribution >= 4 is 22.7 Å². The number of nitrogens with zero attached hydrogens (tertiary/aromatic N) is 8. The Morgan fingerprint density at radius 2 is 1.55 bits per heavy atom. The minimum absolute atomic E-state index is 0.0404. The second kappa shape index (κ2) is 10.5. The smallest absolute Gasteiger partial charge is 0.378 e. The molecule has 0 bridgehead atoms. The van der Waals surface area contributed by atoms with Crippen LogP contribution in [-0.2, 0) is 23.5 Å². The number of aromatic amines is 1. The van der Waals surface area contributed by atoms with Crippen LogP contribution in [0.15, 0.2) is 55.0 Å². The summed E-state index contributed by atoms with van der Waals surface area (Å²) in [5.41, 5.74) is 0.0645. The number of aromatic nitrogens is 7. The second-order valence-corrected chi connectivity index (χ2v) is 10.4. The van der Waals surface area contributed by atoms with Gasteiger partial charge in [-0.05, 0) is 47.9 Å². The number of hydrogen-bond donors (Lipinski definition) is 1. The van der Waals surface area contributed by atoms with Crippen LogP contribution in [0.1, 0.15) is 34.3 Å². The van der Waals surface area contributed by atoms with Crippen molar-refractivity contribution in [1.82, 2.24) is 34.9 Å². The van der Waals surface area contributed by atoms with Crippen LogP contribution >= 0.6 is 0 Å². The zero-order chi connectivity index (χ0) is 30.6. The molecule has 1 fully saturated rings. The average molecular weight is 616 g/mol. The number of fused-ring (bicyclic) bond motifs is 3. The van der Waals surface area contributed by atoms with Crippen LogP contribution in [0.4, 0.5) is 38.1 Å². The summed E-state index contributed by atoms with van der Waals surface area (Å²) in [6.07, 6.45) is -5.27. The molecule has 44 heavy (non-hydrogen) atoms. The van der Waals surface area contributed by atoms with Gasteiger partial charge in [0.2, 0.25) is 5.95 Å². The van der Waals surface area contributed by atoms with E-state index < -0.39 is 35.7 Å². The van der Waals surface area contributed by atoms with Crippen LogP contribution in [0, 0.1) is 0 Å². The topological polar surface area (TPSA) is 101 Å². The Labute approximate surface area is 245 Å². The van der Waals surface area contributed by atoms with Crippen molar-refractivity contribution in [2.45, 2.75) is 24.8 Å². The number of pyridine rings is 1. The predicted octanol–water partition coefficient (Wildman–Crippen LogP) is 4.96. The van der Waals surface area contributed by atoms with Crippen LogP contribution < -0.4 is 9.80 Å². The van der Waals surface area contributed by atoms with Gasteiger partial charge in [-0.15, -0.1) is 0 Å². The molecular formula is C28H23F6N9O. The molecule has 0 amide bonds. The number of H-pyrrole nitrogens is 1. The van der Waals surface area contributed by atoms with E-state index in [1.54, 1.807) is 36.8 Å². The van der Waals surface area contributed by atoms with Gasteiger partial charge in [0, 0.05) is 42.4 Å².